The summed E-state index contributed by atoms with van der Waals surface area (Å²) in [5.74, 6) is -4.69. The number of carboxylic acids is 1. The van der Waals surface area contributed by atoms with E-state index in [1.54, 1.807) is 58.5 Å². The molecule has 37 nitrogen and oxygen atoms in total. The van der Waals surface area contributed by atoms with Crippen LogP contribution in [0.5, 0.6) is 0 Å². The number of aromatic carboxylic acids is 1. The Hall–Kier alpha value is -10.3. The molecule has 140 heavy (non-hydrogen) atoms. The highest BCUT2D eigenvalue weighted by Gasteiger charge is 2.59. The van der Waals surface area contributed by atoms with Crippen molar-refractivity contribution in [2.45, 2.75) is 174 Å². The molecule has 4 bridgehead atoms. The Balaban J connectivity index is 0.524. The number of aromatic nitrogens is 4. The summed E-state index contributed by atoms with van der Waals surface area (Å²) in [6.45, 7) is 18.6. The molecule has 3 aromatic heterocycles. The molecule has 0 spiro atoms. The SMILES string of the molecule is COCCOCCOCCOCCOCCOCCOCCOCCOCCOCCOCCOCC(=O)NCCCC[C@@H](CC(=O)CCCCCN1C(=O)C=CC1=O)C(=O)N[C@H](C)C(=O)C[C@@H](C)C(=O)N[C@@H](C)C(=O)Cc1ccc(COC(=O)N(C)CCOC23CC4CC(CC(Cn5ncc(-c6ccc(N7CCc8cccc(C(=O)Nc9nc%10ccccc%10s9)c8C7)nc6C(=O)O)c5C)(C4)C2)C3)cc1. The Morgan fingerprint density at radius 2 is 1.19 bits per heavy atom. The Kier molecular flexibility index (Phi) is 45.9. The lowest BCUT2D eigenvalue weighted by Gasteiger charge is -2.61. The minimum atomic E-state index is -1.16. The number of imide groups is 1. The summed E-state index contributed by atoms with van der Waals surface area (Å²) in [7, 11) is 3.31. The maximum atomic E-state index is 13.9. The molecule has 6 aromatic rings. The number of rotatable bonds is 71. The largest absolute Gasteiger partial charge is 0.476 e. The average Bonchev–Trinajstić information content (AvgIpc) is 1.30. The summed E-state index contributed by atoms with van der Waals surface area (Å²) in [6.07, 6.45) is 12.7. The third-order valence-electron chi connectivity index (χ3n) is 25.8. The number of hydrogen-bond acceptors (Lipinski definition) is 30. The first-order valence-electron chi connectivity index (χ1n) is 49.1. The van der Waals surface area contributed by atoms with Gasteiger partial charge in [0, 0.05) is 125 Å². The van der Waals surface area contributed by atoms with E-state index in [4.69, 9.17) is 76.4 Å². The summed E-state index contributed by atoms with van der Waals surface area (Å²) >= 11 is 1.41. The van der Waals surface area contributed by atoms with E-state index in [9.17, 15) is 57.8 Å². The highest BCUT2D eigenvalue weighted by molar-refractivity contribution is 7.22. The smallest absolute Gasteiger partial charge is 0.409 e. The molecular weight excluding hydrogens is 1830 g/mol. The van der Waals surface area contributed by atoms with Crippen LogP contribution >= 0.6 is 11.3 Å². The number of carboxylic acid groups (broad SMARTS) is 1. The van der Waals surface area contributed by atoms with Crippen LogP contribution in [0.25, 0.3) is 21.3 Å². The van der Waals surface area contributed by atoms with Gasteiger partial charge in [0.15, 0.2) is 22.4 Å². The number of pyridine rings is 1. The number of hydrogen-bond donors (Lipinski definition) is 5. The monoisotopic (exact) mass is 1970 g/mol. The molecule has 7 amide bonds. The number of anilines is 2. The van der Waals surface area contributed by atoms with Crippen LogP contribution in [-0.2, 0) is 137 Å². The Bertz CT molecular complexity index is 4970. The number of ketones is 3. The van der Waals surface area contributed by atoms with Crippen LogP contribution in [0.3, 0.4) is 0 Å². The molecule has 766 valence electrons. The summed E-state index contributed by atoms with van der Waals surface area (Å²) in [5.41, 5.74) is 6.09. The summed E-state index contributed by atoms with van der Waals surface area (Å²) in [5, 5.41) is 27.5. The molecular formula is C102H141N11O26S. The Labute approximate surface area is 822 Å². The van der Waals surface area contributed by atoms with E-state index in [0.29, 0.717) is 254 Å². The van der Waals surface area contributed by atoms with E-state index in [2.05, 4.69) is 26.3 Å². The van der Waals surface area contributed by atoms with Gasteiger partial charge in [-0.2, -0.15) is 5.10 Å². The zero-order valence-corrected chi connectivity index (χ0v) is 82.7. The first kappa shape index (κ1) is 110. The molecule has 5 heterocycles. The van der Waals surface area contributed by atoms with Gasteiger partial charge in [-0.05, 0) is 161 Å². The van der Waals surface area contributed by atoms with Crippen molar-refractivity contribution in [2.75, 3.05) is 209 Å². The molecule has 0 radical (unpaired) electrons. The van der Waals surface area contributed by atoms with Crippen molar-refractivity contribution >= 4 is 97.4 Å². The van der Waals surface area contributed by atoms with E-state index in [1.165, 1.54) is 35.3 Å². The van der Waals surface area contributed by atoms with E-state index < -0.39 is 53.6 Å². The van der Waals surface area contributed by atoms with E-state index in [-0.39, 0.29) is 124 Å². The number of fused-ring (bicyclic) bond motifs is 2. The quantitative estimate of drug-likeness (QED) is 0.0175. The zero-order valence-electron chi connectivity index (χ0n) is 81.8. The molecule has 4 fully saturated rings. The molecule has 6 aliphatic rings. The van der Waals surface area contributed by atoms with Gasteiger partial charge in [0.2, 0.25) is 17.7 Å². The molecule has 5 N–H and O–H groups in total. The summed E-state index contributed by atoms with van der Waals surface area (Å²) < 4.78 is 81.0. The minimum absolute atomic E-state index is 0.0157. The number of methoxy groups -OCH3 is 1. The van der Waals surface area contributed by atoms with Gasteiger partial charge in [-0.15, -0.1) is 0 Å². The van der Waals surface area contributed by atoms with Crippen molar-refractivity contribution in [3.05, 3.63) is 136 Å². The maximum Gasteiger partial charge on any atom is 0.409 e. The number of para-hydroxylation sites is 1. The van der Waals surface area contributed by atoms with E-state index >= 15 is 0 Å². The number of benzene rings is 3. The number of Topliss-reactive ketones (excluding diaryl/α,β-unsaturated/α-hetero) is 3. The molecule has 2 aliphatic heterocycles. The van der Waals surface area contributed by atoms with Gasteiger partial charge in [-0.3, -0.25) is 58.0 Å². The van der Waals surface area contributed by atoms with Gasteiger partial charge in [0.1, 0.15) is 24.8 Å². The highest BCUT2D eigenvalue weighted by Crippen LogP contribution is 2.63. The highest BCUT2D eigenvalue weighted by atomic mass is 32.1. The van der Waals surface area contributed by atoms with Crippen LogP contribution in [0.15, 0.2) is 97.2 Å². The number of thiazole rings is 1. The molecule has 0 saturated heterocycles. The van der Waals surface area contributed by atoms with Crippen LogP contribution < -0.4 is 26.2 Å². The van der Waals surface area contributed by atoms with Gasteiger partial charge in [-0.25, -0.2) is 19.6 Å². The van der Waals surface area contributed by atoms with Crippen LogP contribution in [0, 0.1) is 36.0 Å². The number of likely N-dealkylation sites (N-methyl/N-ethyl adjacent to an activating group) is 1. The van der Waals surface area contributed by atoms with Crippen LogP contribution in [0.2, 0.25) is 0 Å². The number of carbonyl (C=O) groups is 11. The van der Waals surface area contributed by atoms with E-state index in [0.717, 1.165) is 70.5 Å². The third-order valence-corrected chi connectivity index (χ3v) is 26.7. The number of carbonyl (C=O) groups excluding carboxylic acids is 10. The maximum absolute atomic E-state index is 13.9. The fourth-order valence-electron chi connectivity index (χ4n) is 18.7. The third kappa shape index (κ3) is 35.7. The first-order valence-corrected chi connectivity index (χ1v) is 49.9. The van der Waals surface area contributed by atoms with Crippen molar-refractivity contribution in [3.8, 4) is 11.1 Å². The number of amides is 7. The minimum Gasteiger partial charge on any atom is -0.476 e. The van der Waals surface area contributed by atoms with E-state index in [1.807, 2.05) is 71.1 Å². The van der Waals surface area contributed by atoms with Crippen molar-refractivity contribution in [3.63, 3.8) is 0 Å². The van der Waals surface area contributed by atoms with Gasteiger partial charge >= 0.3 is 12.1 Å². The number of nitrogens with one attached hydrogen (secondary N) is 4. The number of nitrogens with zero attached hydrogens (tertiary/aromatic N) is 7. The molecule has 3 aromatic carbocycles. The standard InChI is InChI=1S/C102H141N11O26S/c1-71(57-87(115)72(2)106-96(121)80(60-81(114)17-8-7-13-31-112-92(118)27-28-93(112)119)15-11-12-30-103-91(117)68-137-56-55-136-54-53-135-52-51-134-50-49-133-48-47-132-46-45-131-44-43-130-42-41-129-40-39-128-38-37-127-36-35-126-6)95(120)105-73(3)88(116)59-75-21-23-76(24-22-75)67-138-100(125)110(5)33-34-139-102-63-77-58-78(64-102)62-101(61-77,69-102)70-113-74(4)84(65-104-113)82-25-26-90(108-94(82)98(123)124)111-32-29-79-16-14-18-83(85(79)66-111)97(122)109-99-107-86-19-9-10-20-89(86)140-99/h9-10,14,16,18-28,65,71-73,77-78,80H,7-8,11-13,15,17,29-64,66-70H2,1-6H3,(H,103,117)(H,105,120)(H,106,121)(H,123,124)(H,107,109,122)/t71-,72-,73+,77?,78?,80+,101?,102?/m1/s1. The topological polar surface area (TPSA) is 439 Å². The second-order valence-electron chi connectivity index (χ2n) is 36.6. The van der Waals surface area contributed by atoms with Crippen LogP contribution in [0.1, 0.15) is 166 Å². The summed E-state index contributed by atoms with van der Waals surface area (Å²) in [4.78, 5) is 159. The molecule has 6 atom stereocenters. The summed E-state index contributed by atoms with van der Waals surface area (Å²) in [6, 6.07) is 22.2. The number of unbranched alkanes of at least 4 members (excludes halogenated alkanes) is 3. The zero-order chi connectivity index (χ0) is 99.4. The number of ether oxygens (including phenoxy) is 14. The Morgan fingerprint density at radius 1 is 0.607 bits per heavy atom. The van der Waals surface area contributed by atoms with Crippen molar-refractivity contribution in [1.82, 2.24) is 45.5 Å². The lowest BCUT2D eigenvalue weighted by molar-refractivity contribution is -0.197. The molecule has 12 rings (SSSR count). The lowest BCUT2D eigenvalue weighted by atomic mass is 9.48. The second kappa shape index (κ2) is 58.3. The molecule has 2 unspecified atom stereocenters. The van der Waals surface area contributed by atoms with Crippen LogP contribution in [-0.4, -0.2) is 316 Å². The predicted molar refractivity (Wildman–Crippen MR) is 519 cm³/mol. The van der Waals surface area contributed by atoms with Gasteiger partial charge in [0.25, 0.3) is 17.7 Å². The van der Waals surface area contributed by atoms with Crippen molar-refractivity contribution in [1.29, 1.82) is 0 Å². The lowest BCUT2D eigenvalue weighted by Crippen LogP contribution is -2.58. The first-order chi connectivity index (χ1) is 67.8. The van der Waals surface area contributed by atoms with Crippen LogP contribution in [0.4, 0.5) is 15.7 Å². The fourth-order valence-corrected chi connectivity index (χ4v) is 19.5. The van der Waals surface area contributed by atoms with Gasteiger partial charge < -0.3 is 97.2 Å². The molecule has 38 heteroatoms. The molecule has 4 saturated carbocycles. The van der Waals surface area contributed by atoms with Gasteiger partial charge in [-0.1, -0.05) is 79.6 Å². The fraction of sp³-hybridized carbons (Fsp3) is 0.608. The molecule has 4 aliphatic carbocycles. The normalized spacial score (nSPS) is 17.8. The van der Waals surface area contributed by atoms with Crippen molar-refractivity contribution < 1.29 is 124 Å². The average molecular weight is 1970 g/mol. The second-order valence-corrected chi connectivity index (χ2v) is 37.6. The van der Waals surface area contributed by atoms with Crippen molar-refractivity contribution in [2.24, 2.45) is 29.1 Å². The Morgan fingerprint density at radius 3 is 1.80 bits per heavy atom. The van der Waals surface area contributed by atoms with Gasteiger partial charge in [0.05, 0.1) is 186 Å². The predicted octanol–water partition coefficient (Wildman–Crippen LogP) is 9.89.